The molecular formula is C13H10FN3O2S. The minimum Gasteiger partial charge on any atom is -0.244 e. The first kappa shape index (κ1) is 14.1. The van der Waals surface area contributed by atoms with Crippen molar-refractivity contribution in [3.05, 3.63) is 59.7 Å². The van der Waals surface area contributed by atoms with Gasteiger partial charge in [0.05, 0.1) is 0 Å². The molecule has 0 atom stereocenters. The molecule has 0 bridgehead atoms. The normalized spacial score (nSPS) is 11.0. The third-order valence-electron chi connectivity index (χ3n) is 2.55. The average Bonchev–Trinajstić information content (AvgIpc) is 2.46. The molecule has 0 fully saturated rings. The molecule has 1 aromatic carbocycles. The van der Waals surface area contributed by atoms with Gasteiger partial charge in [0.1, 0.15) is 16.8 Å². The fourth-order valence-electron chi connectivity index (χ4n) is 1.55. The second-order valence-electron chi connectivity index (χ2n) is 3.91. The number of aromatic nitrogens is 1. The highest BCUT2D eigenvalue weighted by molar-refractivity contribution is 7.89. The summed E-state index contributed by atoms with van der Waals surface area (Å²) in [4.78, 5) is 3.52. The molecule has 0 amide bonds. The lowest BCUT2D eigenvalue weighted by atomic mass is 10.2. The molecule has 0 aliphatic carbocycles. The van der Waals surface area contributed by atoms with E-state index in [0.29, 0.717) is 5.56 Å². The minimum absolute atomic E-state index is 0.00236. The number of sulfonamides is 1. The third kappa shape index (κ3) is 3.17. The molecule has 0 aliphatic rings. The molecule has 0 unspecified atom stereocenters. The molecule has 1 heterocycles. The van der Waals surface area contributed by atoms with Crippen molar-refractivity contribution >= 4 is 10.0 Å². The summed E-state index contributed by atoms with van der Waals surface area (Å²) in [5.74, 6) is -0.393. The summed E-state index contributed by atoms with van der Waals surface area (Å²) in [7, 11) is -3.84. The zero-order valence-corrected chi connectivity index (χ0v) is 11.1. The first-order valence-electron chi connectivity index (χ1n) is 5.62. The second kappa shape index (κ2) is 5.77. The van der Waals surface area contributed by atoms with Gasteiger partial charge in [-0.1, -0.05) is 12.1 Å². The van der Waals surface area contributed by atoms with E-state index >= 15 is 0 Å². The van der Waals surface area contributed by atoms with Crippen LogP contribution in [0.1, 0.15) is 11.3 Å². The number of nitrogens with one attached hydrogen (secondary N) is 1. The van der Waals surface area contributed by atoms with E-state index in [2.05, 4.69) is 9.71 Å². The van der Waals surface area contributed by atoms with Crippen LogP contribution < -0.4 is 4.72 Å². The van der Waals surface area contributed by atoms with Crippen molar-refractivity contribution in [1.29, 1.82) is 5.26 Å². The number of benzene rings is 1. The van der Waals surface area contributed by atoms with Crippen LogP contribution in [0.3, 0.4) is 0 Å². The predicted molar refractivity (Wildman–Crippen MR) is 69.4 cm³/mol. The summed E-state index contributed by atoms with van der Waals surface area (Å²) in [6, 6.07) is 9.92. The van der Waals surface area contributed by atoms with E-state index < -0.39 is 15.8 Å². The topological polar surface area (TPSA) is 82.8 Å². The predicted octanol–water partition coefficient (Wildman–Crippen LogP) is 1.57. The number of nitrogens with zero attached hydrogens (tertiary/aromatic N) is 2. The van der Waals surface area contributed by atoms with Gasteiger partial charge in [0.2, 0.25) is 10.0 Å². The number of hydrogen-bond donors (Lipinski definition) is 1. The number of hydrogen-bond acceptors (Lipinski definition) is 4. The largest absolute Gasteiger partial charge is 0.244 e. The Hall–Kier alpha value is -2.30. The Morgan fingerprint density at radius 2 is 1.95 bits per heavy atom. The first-order valence-corrected chi connectivity index (χ1v) is 7.10. The van der Waals surface area contributed by atoms with Crippen molar-refractivity contribution in [3.8, 4) is 6.07 Å². The van der Waals surface area contributed by atoms with Gasteiger partial charge in [-0.25, -0.2) is 22.5 Å². The molecule has 2 aromatic rings. The van der Waals surface area contributed by atoms with Crippen molar-refractivity contribution in [2.75, 3.05) is 0 Å². The summed E-state index contributed by atoms with van der Waals surface area (Å²) < 4.78 is 39.2. The SMILES string of the molecule is N#Cc1ncccc1S(=O)(=O)NCc1ccc(F)cc1. The summed E-state index contributed by atoms with van der Waals surface area (Å²) >= 11 is 0. The van der Waals surface area contributed by atoms with Crippen LogP contribution in [0.2, 0.25) is 0 Å². The standard InChI is InChI=1S/C13H10FN3O2S/c14-11-5-3-10(4-6-11)9-17-20(18,19)13-2-1-7-16-12(13)8-15/h1-7,17H,9H2. The highest BCUT2D eigenvalue weighted by atomic mass is 32.2. The van der Waals surface area contributed by atoms with Crippen LogP contribution in [0, 0.1) is 17.1 Å². The van der Waals surface area contributed by atoms with Gasteiger partial charge < -0.3 is 0 Å². The maximum atomic E-state index is 12.7. The Kier molecular flexibility index (Phi) is 4.08. The molecule has 0 aliphatic heterocycles. The van der Waals surface area contributed by atoms with Crippen LogP contribution in [-0.2, 0) is 16.6 Å². The highest BCUT2D eigenvalue weighted by Gasteiger charge is 2.18. The zero-order chi connectivity index (χ0) is 14.6. The number of nitriles is 1. The molecule has 0 saturated heterocycles. The Labute approximate surface area is 115 Å². The lowest BCUT2D eigenvalue weighted by molar-refractivity contribution is 0.580. The maximum absolute atomic E-state index is 12.7. The van der Waals surface area contributed by atoms with Gasteiger partial charge in [-0.3, -0.25) is 0 Å². The van der Waals surface area contributed by atoms with Crippen molar-refractivity contribution in [3.63, 3.8) is 0 Å². The molecule has 0 spiro atoms. The van der Waals surface area contributed by atoms with Gasteiger partial charge in [-0.05, 0) is 29.8 Å². The second-order valence-corrected chi connectivity index (χ2v) is 5.65. The van der Waals surface area contributed by atoms with Crippen LogP contribution in [-0.4, -0.2) is 13.4 Å². The summed E-state index contributed by atoms with van der Waals surface area (Å²) in [6.07, 6.45) is 1.34. The van der Waals surface area contributed by atoms with Crippen molar-refractivity contribution in [2.45, 2.75) is 11.4 Å². The van der Waals surface area contributed by atoms with Crippen LogP contribution >= 0.6 is 0 Å². The van der Waals surface area contributed by atoms with E-state index in [1.165, 1.54) is 42.6 Å². The van der Waals surface area contributed by atoms with Crippen LogP contribution in [0.5, 0.6) is 0 Å². The quantitative estimate of drug-likeness (QED) is 0.927. The number of halogens is 1. The fraction of sp³-hybridized carbons (Fsp3) is 0.0769. The molecular weight excluding hydrogens is 281 g/mol. The summed E-state index contributed by atoms with van der Waals surface area (Å²) in [5, 5.41) is 8.85. The molecule has 1 N–H and O–H groups in total. The lowest BCUT2D eigenvalue weighted by Gasteiger charge is -2.07. The van der Waals surface area contributed by atoms with Gasteiger partial charge in [0, 0.05) is 12.7 Å². The van der Waals surface area contributed by atoms with E-state index in [9.17, 15) is 12.8 Å². The van der Waals surface area contributed by atoms with Gasteiger partial charge >= 0.3 is 0 Å². The minimum atomic E-state index is -3.84. The fourth-order valence-corrected chi connectivity index (χ4v) is 2.67. The van der Waals surface area contributed by atoms with Crippen LogP contribution in [0.25, 0.3) is 0 Å². The number of rotatable bonds is 4. The summed E-state index contributed by atoms with van der Waals surface area (Å²) in [5.41, 5.74) is 0.441. The Morgan fingerprint density at radius 3 is 2.60 bits per heavy atom. The van der Waals surface area contributed by atoms with E-state index in [-0.39, 0.29) is 17.1 Å². The molecule has 0 saturated carbocycles. The Morgan fingerprint density at radius 1 is 1.25 bits per heavy atom. The van der Waals surface area contributed by atoms with Gasteiger partial charge in [0.25, 0.3) is 0 Å². The summed E-state index contributed by atoms with van der Waals surface area (Å²) in [6.45, 7) is 0.00236. The first-order chi connectivity index (χ1) is 9.53. The maximum Gasteiger partial charge on any atom is 0.243 e. The molecule has 5 nitrogen and oxygen atoms in total. The van der Waals surface area contributed by atoms with Crippen molar-refractivity contribution in [1.82, 2.24) is 9.71 Å². The molecule has 1 aromatic heterocycles. The van der Waals surface area contributed by atoms with Crippen LogP contribution in [0.4, 0.5) is 4.39 Å². The third-order valence-corrected chi connectivity index (χ3v) is 3.98. The Bertz CT molecular complexity index is 752. The molecule has 7 heteroatoms. The Balaban J connectivity index is 2.20. The monoisotopic (exact) mass is 291 g/mol. The van der Waals surface area contributed by atoms with E-state index in [1.807, 2.05) is 0 Å². The van der Waals surface area contributed by atoms with Gasteiger partial charge in [-0.2, -0.15) is 5.26 Å². The number of pyridine rings is 1. The van der Waals surface area contributed by atoms with Crippen molar-refractivity contribution in [2.24, 2.45) is 0 Å². The average molecular weight is 291 g/mol. The zero-order valence-electron chi connectivity index (χ0n) is 10.2. The van der Waals surface area contributed by atoms with E-state index in [1.54, 1.807) is 6.07 Å². The molecule has 102 valence electrons. The molecule has 2 rings (SSSR count). The van der Waals surface area contributed by atoms with E-state index in [4.69, 9.17) is 5.26 Å². The van der Waals surface area contributed by atoms with Crippen LogP contribution in [0.15, 0.2) is 47.5 Å². The lowest BCUT2D eigenvalue weighted by Crippen LogP contribution is -2.24. The van der Waals surface area contributed by atoms with Gasteiger partial charge in [0.15, 0.2) is 5.69 Å². The van der Waals surface area contributed by atoms with Gasteiger partial charge in [-0.15, -0.1) is 0 Å². The molecule has 0 radical (unpaired) electrons. The van der Waals surface area contributed by atoms with E-state index in [0.717, 1.165) is 0 Å². The smallest absolute Gasteiger partial charge is 0.243 e. The molecule has 20 heavy (non-hydrogen) atoms. The van der Waals surface area contributed by atoms with Crippen molar-refractivity contribution < 1.29 is 12.8 Å². The highest BCUT2D eigenvalue weighted by Crippen LogP contribution is 2.12.